The van der Waals surface area contributed by atoms with Gasteiger partial charge in [0.1, 0.15) is 0 Å². The highest BCUT2D eigenvalue weighted by molar-refractivity contribution is 5.96. The smallest absolute Gasteiger partial charge is 0.321 e. The summed E-state index contributed by atoms with van der Waals surface area (Å²) >= 11 is 0. The Labute approximate surface area is 59.0 Å². The predicted octanol–water partition coefficient (Wildman–Crippen LogP) is -0.252. The van der Waals surface area contributed by atoms with Gasteiger partial charge in [-0.15, -0.1) is 0 Å². The summed E-state index contributed by atoms with van der Waals surface area (Å²) in [6.45, 7) is 3.97. The lowest BCUT2D eigenvalue weighted by Crippen LogP contribution is -2.37. The number of imide groups is 1. The van der Waals surface area contributed by atoms with Gasteiger partial charge in [0, 0.05) is 12.5 Å². The molecule has 1 radical (unpaired) electrons. The number of primary amides is 1. The minimum Gasteiger partial charge on any atom is -0.351 e. The molecule has 1 aliphatic heterocycles. The minimum absolute atomic E-state index is 0.257. The van der Waals surface area contributed by atoms with E-state index in [4.69, 9.17) is 5.73 Å². The molecule has 1 fully saturated rings. The van der Waals surface area contributed by atoms with E-state index in [2.05, 4.69) is 6.92 Å². The molecule has 4 nitrogen and oxygen atoms in total. The van der Waals surface area contributed by atoms with Crippen LogP contribution in [-0.2, 0) is 4.79 Å². The van der Waals surface area contributed by atoms with Gasteiger partial charge in [0.2, 0.25) is 5.91 Å². The summed E-state index contributed by atoms with van der Waals surface area (Å²) in [4.78, 5) is 22.4. The highest BCUT2D eigenvalue weighted by Crippen LogP contribution is 2.15. The van der Waals surface area contributed by atoms with E-state index >= 15 is 0 Å². The second kappa shape index (κ2) is 2.28. The maximum absolute atomic E-state index is 10.9. The minimum atomic E-state index is -0.670. The maximum Gasteiger partial charge on any atom is 0.321 e. The van der Waals surface area contributed by atoms with Crippen molar-refractivity contribution in [2.75, 3.05) is 6.54 Å². The zero-order valence-electron chi connectivity index (χ0n) is 5.54. The van der Waals surface area contributed by atoms with Crippen molar-refractivity contribution in [3.8, 4) is 0 Å². The van der Waals surface area contributed by atoms with E-state index in [1.165, 1.54) is 0 Å². The van der Waals surface area contributed by atoms with Crippen LogP contribution in [0.2, 0.25) is 0 Å². The van der Waals surface area contributed by atoms with Crippen LogP contribution >= 0.6 is 0 Å². The molecular weight excluding hydrogens is 132 g/mol. The van der Waals surface area contributed by atoms with E-state index in [0.29, 0.717) is 13.0 Å². The second-order valence-corrected chi connectivity index (χ2v) is 2.31. The molecule has 0 bridgehead atoms. The molecule has 3 amide bonds. The number of nitrogens with two attached hydrogens (primary N) is 1. The molecule has 0 aliphatic carbocycles. The van der Waals surface area contributed by atoms with E-state index in [-0.39, 0.29) is 11.8 Å². The first kappa shape index (κ1) is 7.05. The van der Waals surface area contributed by atoms with Crippen LogP contribution in [0.1, 0.15) is 6.42 Å². The third kappa shape index (κ3) is 0.964. The summed E-state index contributed by atoms with van der Waals surface area (Å²) in [5, 5.41) is 0. The highest BCUT2D eigenvalue weighted by Gasteiger charge is 2.30. The van der Waals surface area contributed by atoms with E-state index in [1.54, 1.807) is 0 Å². The van der Waals surface area contributed by atoms with E-state index in [0.717, 1.165) is 4.90 Å². The summed E-state index contributed by atoms with van der Waals surface area (Å²) in [5.74, 6) is -0.542. The number of rotatable bonds is 0. The third-order valence-electron chi connectivity index (χ3n) is 1.58. The number of carbonyl (C=O) groups excluding carboxylic acids is 2. The van der Waals surface area contributed by atoms with Crippen molar-refractivity contribution in [2.24, 2.45) is 11.7 Å². The molecule has 0 unspecified atom stereocenters. The van der Waals surface area contributed by atoms with Gasteiger partial charge in [0.15, 0.2) is 0 Å². The average molecular weight is 141 g/mol. The van der Waals surface area contributed by atoms with Crippen LogP contribution in [0.3, 0.4) is 0 Å². The Hall–Kier alpha value is -1.06. The van der Waals surface area contributed by atoms with Crippen molar-refractivity contribution < 1.29 is 9.59 Å². The number of hydrogen-bond acceptors (Lipinski definition) is 2. The summed E-state index contributed by atoms with van der Waals surface area (Å²) < 4.78 is 0. The summed E-state index contributed by atoms with van der Waals surface area (Å²) in [6, 6.07) is -0.670. The Bertz CT molecular complexity index is 179. The molecule has 10 heavy (non-hydrogen) atoms. The lowest BCUT2D eigenvalue weighted by Gasteiger charge is -2.08. The van der Waals surface area contributed by atoms with Crippen LogP contribution < -0.4 is 5.73 Å². The number of likely N-dealkylation sites (tertiary alicyclic amines) is 1. The van der Waals surface area contributed by atoms with Crippen molar-refractivity contribution in [3.63, 3.8) is 0 Å². The molecule has 4 heteroatoms. The van der Waals surface area contributed by atoms with Crippen LogP contribution in [0.15, 0.2) is 0 Å². The quantitative estimate of drug-likeness (QED) is 0.505. The Balaban J connectivity index is 2.66. The van der Waals surface area contributed by atoms with E-state index in [9.17, 15) is 9.59 Å². The van der Waals surface area contributed by atoms with Crippen LogP contribution in [0.25, 0.3) is 0 Å². The van der Waals surface area contributed by atoms with Gasteiger partial charge in [0.05, 0.1) is 0 Å². The van der Waals surface area contributed by atoms with Gasteiger partial charge < -0.3 is 5.73 Å². The maximum atomic E-state index is 10.9. The van der Waals surface area contributed by atoms with E-state index < -0.39 is 6.03 Å². The summed E-state index contributed by atoms with van der Waals surface area (Å²) in [5.41, 5.74) is 4.89. The zero-order chi connectivity index (χ0) is 7.72. The molecule has 55 valence electrons. The van der Waals surface area contributed by atoms with Crippen molar-refractivity contribution >= 4 is 11.9 Å². The number of hydrogen-bond donors (Lipinski definition) is 1. The standard InChI is InChI=1S/C6H9N2O2/c1-4-2-3-8(5(4)9)6(7)10/h4H,1-3H2,(H2,7,10)/t4-/m1/s1. The van der Waals surface area contributed by atoms with Gasteiger partial charge in [-0.25, -0.2) is 4.79 Å². The van der Waals surface area contributed by atoms with Gasteiger partial charge in [-0.1, -0.05) is 0 Å². The van der Waals surface area contributed by atoms with Gasteiger partial charge >= 0.3 is 6.03 Å². The normalized spacial score (nSPS) is 25.5. The Morgan fingerprint density at radius 1 is 1.80 bits per heavy atom. The van der Waals surface area contributed by atoms with Gasteiger partial charge in [-0.3, -0.25) is 9.69 Å². The number of urea groups is 1. The van der Waals surface area contributed by atoms with Gasteiger partial charge in [-0.05, 0) is 13.3 Å². The van der Waals surface area contributed by atoms with Crippen LogP contribution in [-0.4, -0.2) is 23.4 Å². The zero-order valence-corrected chi connectivity index (χ0v) is 5.54. The third-order valence-corrected chi connectivity index (χ3v) is 1.58. The molecule has 2 N–H and O–H groups in total. The SMILES string of the molecule is [CH2][C@@H]1CCN(C(N)=O)C1=O. The largest absolute Gasteiger partial charge is 0.351 e. The fourth-order valence-corrected chi connectivity index (χ4v) is 0.958. The fraction of sp³-hybridized carbons (Fsp3) is 0.500. The van der Waals surface area contributed by atoms with Gasteiger partial charge in [0.25, 0.3) is 0 Å². The fourth-order valence-electron chi connectivity index (χ4n) is 0.958. The van der Waals surface area contributed by atoms with Gasteiger partial charge in [-0.2, -0.15) is 0 Å². The highest BCUT2D eigenvalue weighted by atomic mass is 16.2. The number of carbonyl (C=O) groups is 2. The molecule has 0 aromatic heterocycles. The molecule has 1 saturated heterocycles. The van der Waals surface area contributed by atoms with Crippen LogP contribution in [0.5, 0.6) is 0 Å². The summed E-state index contributed by atoms with van der Waals surface area (Å²) in [7, 11) is 0. The average Bonchev–Trinajstić information content (AvgIpc) is 2.14. The Kier molecular flexibility index (Phi) is 1.61. The molecular formula is C6H9N2O2. The molecule has 0 spiro atoms. The molecule has 1 heterocycles. The predicted molar refractivity (Wildman–Crippen MR) is 34.8 cm³/mol. The molecule has 1 rings (SSSR count). The number of nitrogens with zero attached hydrogens (tertiary/aromatic N) is 1. The Morgan fingerprint density at radius 2 is 2.40 bits per heavy atom. The van der Waals surface area contributed by atoms with Crippen molar-refractivity contribution in [1.82, 2.24) is 4.90 Å². The van der Waals surface area contributed by atoms with E-state index in [1.807, 2.05) is 0 Å². The first-order valence-corrected chi connectivity index (χ1v) is 3.07. The lowest BCUT2D eigenvalue weighted by molar-refractivity contribution is -0.127. The molecule has 1 aliphatic rings. The summed E-state index contributed by atoms with van der Waals surface area (Å²) in [6.07, 6.45) is 0.627. The van der Waals surface area contributed by atoms with Crippen molar-refractivity contribution in [1.29, 1.82) is 0 Å². The first-order valence-electron chi connectivity index (χ1n) is 3.07. The van der Waals surface area contributed by atoms with Crippen molar-refractivity contribution in [3.05, 3.63) is 6.92 Å². The van der Waals surface area contributed by atoms with Crippen LogP contribution in [0.4, 0.5) is 4.79 Å². The lowest BCUT2D eigenvalue weighted by atomic mass is 10.1. The number of amides is 3. The monoisotopic (exact) mass is 141 g/mol. The van der Waals surface area contributed by atoms with Crippen LogP contribution in [0, 0.1) is 12.8 Å². The van der Waals surface area contributed by atoms with Crippen molar-refractivity contribution in [2.45, 2.75) is 6.42 Å². The topological polar surface area (TPSA) is 63.4 Å². The second-order valence-electron chi connectivity index (χ2n) is 2.31. The first-order chi connectivity index (χ1) is 4.63. The molecule has 0 saturated carbocycles. The molecule has 1 atom stereocenters. The Morgan fingerprint density at radius 3 is 2.60 bits per heavy atom. The molecule has 0 aromatic carbocycles. The molecule has 0 aromatic rings.